The minimum absolute atomic E-state index is 0.000625. The van der Waals surface area contributed by atoms with Crippen molar-refractivity contribution < 1.29 is 15.0 Å². The summed E-state index contributed by atoms with van der Waals surface area (Å²) in [5.74, 6) is -1.52. The standard InChI is InChI=1S/C14H26O3/c1-6-10(11(15)16)14(17)8-12(2,3)7-13(4,5)9-14/h10,17H,6-9H2,1-5H3,(H,15,16). The molecule has 17 heavy (non-hydrogen) atoms. The fourth-order valence-electron chi connectivity index (χ4n) is 4.17. The predicted molar refractivity (Wildman–Crippen MR) is 67.8 cm³/mol. The molecule has 0 amide bonds. The SMILES string of the molecule is CCC(C(=O)O)C1(O)CC(C)(C)CC(C)(C)C1. The molecule has 1 fully saturated rings. The molecule has 0 spiro atoms. The van der Waals surface area contributed by atoms with Gasteiger partial charge in [-0.3, -0.25) is 4.79 Å². The van der Waals surface area contributed by atoms with Gasteiger partial charge in [0.1, 0.15) is 0 Å². The first-order valence-electron chi connectivity index (χ1n) is 6.47. The van der Waals surface area contributed by atoms with Crippen molar-refractivity contribution >= 4 is 5.97 Å². The van der Waals surface area contributed by atoms with E-state index in [2.05, 4.69) is 27.7 Å². The first-order chi connectivity index (χ1) is 7.51. The monoisotopic (exact) mass is 242 g/mol. The highest BCUT2D eigenvalue weighted by atomic mass is 16.4. The first-order valence-corrected chi connectivity index (χ1v) is 6.47. The molecule has 0 aromatic rings. The van der Waals surface area contributed by atoms with Gasteiger partial charge in [-0.2, -0.15) is 0 Å². The molecule has 1 rings (SSSR count). The van der Waals surface area contributed by atoms with E-state index in [-0.39, 0.29) is 10.8 Å². The molecule has 100 valence electrons. The third kappa shape index (κ3) is 3.21. The second kappa shape index (κ2) is 4.27. The lowest BCUT2D eigenvalue weighted by Crippen LogP contribution is -2.52. The smallest absolute Gasteiger partial charge is 0.309 e. The molecule has 3 nitrogen and oxygen atoms in total. The topological polar surface area (TPSA) is 57.5 Å². The van der Waals surface area contributed by atoms with Gasteiger partial charge in [0.25, 0.3) is 0 Å². The summed E-state index contributed by atoms with van der Waals surface area (Å²) < 4.78 is 0. The van der Waals surface area contributed by atoms with Crippen molar-refractivity contribution in [1.82, 2.24) is 0 Å². The largest absolute Gasteiger partial charge is 0.481 e. The maximum Gasteiger partial charge on any atom is 0.309 e. The number of carbonyl (C=O) groups is 1. The van der Waals surface area contributed by atoms with E-state index in [0.29, 0.717) is 19.3 Å². The third-order valence-electron chi connectivity index (χ3n) is 3.88. The molecule has 1 aliphatic carbocycles. The van der Waals surface area contributed by atoms with E-state index in [1.54, 1.807) is 0 Å². The Morgan fingerprint density at radius 3 is 1.82 bits per heavy atom. The number of carboxylic acids is 1. The maximum absolute atomic E-state index is 11.3. The molecule has 1 unspecified atom stereocenters. The summed E-state index contributed by atoms with van der Waals surface area (Å²) in [6.07, 6.45) is 2.67. The second-order valence-electron chi connectivity index (χ2n) is 7.26. The lowest BCUT2D eigenvalue weighted by atomic mass is 9.56. The Labute approximate surface area is 104 Å². The number of hydrogen-bond acceptors (Lipinski definition) is 2. The summed E-state index contributed by atoms with van der Waals surface area (Å²) in [4.78, 5) is 11.3. The Morgan fingerprint density at radius 2 is 1.53 bits per heavy atom. The lowest BCUT2D eigenvalue weighted by Gasteiger charge is -2.51. The zero-order valence-electron chi connectivity index (χ0n) is 11.7. The van der Waals surface area contributed by atoms with E-state index in [9.17, 15) is 15.0 Å². The zero-order chi connectivity index (χ0) is 13.5. The van der Waals surface area contributed by atoms with Crippen LogP contribution in [0.2, 0.25) is 0 Å². The summed E-state index contributed by atoms with van der Waals surface area (Å²) in [6, 6.07) is 0. The van der Waals surface area contributed by atoms with Crippen molar-refractivity contribution in [2.45, 2.75) is 65.9 Å². The van der Waals surface area contributed by atoms with Gasteiger partial charge in [-0.25, -0.2) is 0 Å². The van der Waals surface area contributed by atoms with Crippen LogP contribution >= 0.6 is 0 Å². The molecule has 0 aliphatic heterocycles. The highest BCUT2D eigenvalue weighted by Gasteiger charge is 2.51. The molecule has 1 aliphatic rings. The Hall–Kier alpha value is -0.570. The summed E-state index contributed by atoms with van der Waals surface area (Å²) in [7, 11) is 0. The Bertz CT molecular complexity index is 289. The van der Waals surface area contributed by atoms with Gasteiger partial charge < -0.3 is 10.2 Å². The minimum atomic E-state index is -1.06. The fraction of sp³-hybridized carbons (Fsp3) is 0.929. The maximum atomic E-state index is 11.3. The van der Waals surface area contributed by atoms with E-state index < -0.39 is 17.5 Å². The van der Waals surface area contributed by atoms with Crippen LogP contribution in [0.5, 0.6) is 0 Å². The Kier molecular flexibility index (Phi) is 3.64. The molecular formula is C14H26O3. The normalized spacial score (nSPS) is 27.4. The molecule has 0 saturated heterocycles. The molecule has 0 aromatic carbocycles. The van der Waals surface area contributed by atoms with Crippen LogP contribution in [0, 0.1) is 16.7 Å². The quantitative estimate of drug-likeness (QED) is 0.799. The molecule has 0 radical (unpaired) electrons. The van der Waals surface area contributed by atoms with E-state index >= 15 is 0 Å². The average Bonchev–Trinajstić information content (AvgIpc) is 1.94. The van der Waals surface area contributed by atoms with Gasteiger partial charge in [-0.15, -0.1) is 0 Å². The number of rotatable bonds is 3. The Balaban J connectivity index is 3.05. The van der Waals surface area contributed by atoms with Crippen LogP contribution in [0.4, 0.5) is 0 Å². The molecule has 1 saturated carbocycles. The highest BCUT2D eigenvalue weighted by molar-refractivity contribution is 5.71. The van der Waals surface area contributed by atoms with Gasteiger partial charge in [-0.05, 0) is 36.5 Å². The molecule has 2 N–H and O–H groups in total. The summed E-state index contributed by atoms with van der Waals surface area (Å²) >= 11 is 0. The van der Waals surface area contributed by atoms with E-state index in [1.807, 2.05) is 6.92 Å². The van der Waals surface area contributed by atoms with Crippen molar-refractivity contribution in [2.24, 2.45) is 16.7 Å². The molecule has 0 bridgehead atoms. The van der Waals surface area contributed by atoms with Gasteiger partial charge in [0.2, 0.25) is 0 Å². The summed E-state index contributed by atoms with van der Waals surface area (Å²) in [6.45, 7) is 10.3. The van der Waals surface area contributed by atoms with Crippen LogP contribution in [0.3, 0.4) is 0 Å². The van der Waals surface area contributed by atoms with Crippen LogP contribution in [-0.4, -0.2) is 21.8 Å². The molecule has 0 heterocycles. The van der Waals surface area contributed by atoms with Crippen molar-refractivity contribution in [3.05, 3.63) is 0 Å². The zero-order valence-corrected chi connectivity index (χ0v) is 11.7. The van der Waals surface area contributed by atoms with Crippen LogP contribution in [0.15, 0.2) is 0 Å². The van der Waals surface area contributed by atoms with E-state index in [4.69, 9.17) is 0 Å². The number of carboxylic acid groups (broad SMARTS) is 1. The first kappa shape index (κ1) is 14.5. The van der Waals surface area contributed by atoms with Gasteiger partial charge in [-0.1, -0.05) is 34.6 Å². The van der Waals surface area contributed by atoms with Crippen molar-refractivity contribution in [3.8, 4) is 0 Å². The number of hydrogen-bond donors (Lipinski definition) is 2. The molecule has 1 atom stereocenters. The number of aliphatic carboxylic acids is 1. The van der Waals surface area contributed by atoms with Crippen LogP contribution < -0.4 is 0 Å². The van der Waals surface area contributed by atoms with Gasteiger partial charge in [0.15, 0.2) is 0 Å². The molecular weight excluding hydrogens is 216 g/mol. The van der Waals surface area contributed by atoms with E-state index in [0.717, 1.165) is 6.42 Å². The third-order valence-corrected chi connectivity index (χ3v) is 3.88. The predicted octanol–water partition coefficient (Wildman–Crippen LogP) is 3.06. The van der Waals surface area contributed by atoms with Crippen LogP contribution in [0.25, 0.3) is 0 Å². The van der Waals surface area contributed by atoms with Gasteiger partial charge in [0, 0.05) is 0 Å². The highest BCUT2D eigenvalue weighted by Crippen LogP contribution is 2.52. The average molecular weight is 242 g/mol. The summed E-state index contributed by atoms with van der Waals surface area (Å²) in [5.41, 5.74) is -1.06. The van der Waals surface area contributed by atoms with Gasteiger partial charge >= 0.3 is 5.97 Å². The van der Waals surface area contributed by atoms with Crippen molar-refractivity contribution in [1.29, 1.82) is 0 Å². The van der Waals surface area contributed by atoms with Gasteiger partial charge in [0.05, 0.1) is 11.5 Å². The van der Waals surface area contributed by atoms with Crippen LogP contribution in [0.1, 0.15) is 60.3 Å². The fourth-order valence-corrected chi connectivity index (χ4v) is 4.17. The van der Waals surface area contributed by atoms with Crippen LogP contribution in [-0.2, 0) is 4.79 Å². The van der Waals surface area contributed by atoms with Crippen molar-refractivity contribution in [2.75, 3.05) is 0 Å². The number of aliphatic hydroxyl groups is 1. The lowest BCUT2D eigenvalue weighted by molar-refractivity contribution is -0.166. The minimum Gasteiger partial charge on any atom is -0.481 e. The second-order valence-corrected chi connectivity index (χ2v) is 7.26. The van der Waals surface area contributed by atoms with E-state index in [1.165, 1.54) is 0 Å². The summed E-state index contributed by atoms with van der Waals surface area (Å²) in [5, 5.41) is 20.1. The molecule has 0 aromatic heterocycles. The Morgan fingerprint density at radius 1 is 1.12 bits per heavy atom. The van der Waals surface area contributed by atoms with Crippen molar-refractivity contribution in [3.63, 3.8) is 0 Å². The molecule has 3 heteroatoms.